The normalized spacial score (nSPS) is 24.7. The first kappa shape index (κ1) is 8.69. The van der Waals surface area contributed by atoms with Crippen molar-refractivity contribution in [1.29, 1.82) is 0 Å². The van der Waals surface area contributed by atoms with Crippen LogP contribution in [-0.4, -0.2) is 68.2 Å². The summed E-state index contributed by atoms with van der Waals surface area (Å²) in [6.45, 7) is 6.15. The number of amidine groups is 1. The molecule has 0 aromatic heterocycles. The molecule has 0 aliphatic carbocycles. The lowest BCUT2D eigenvalue weighted by Crippen LogP contribution is -2.48. The highest BCUT2D eigenvalue weighted by molar-refractivity contribution is 6.29. The van der Waals surface area contributed by atoms with Crippen LogP contribution >= 0.6 is 0 Å². The zero-order valence-electron chi connectivity index (χ0n) is 8.11. The summed E-state index contributed by atoms with van der Waals surface area (Å²) in [6, 6.07) is 0. The second-order valence-electron chi connectivity index (χ2n) is 3.57. The Balaban J connectivity index is 1.94. The third-order valence-electron chi connectivity index (χ3n) is 2.54. The SMILES string of the molecule is CN1CCN(C2=NCCN=C2)CC1. The molecule has 72 valence electrons. The lowest BCUT2D eigenvalue weighted by atomic mass is 10.3. The highest BCUT2D eigenvalue weighted by Crippen LogP contribution is 2.01. The molecule has 13 heavy (non-hydrogen) atoms. The maximum Gasteiger partial charge on any atom is 0.141 e. The fourth-order valence-electron chi connectivity index (χ4n) is 1.63. The van der Waals surface area contributed by atoms with Gasteiger partial charge >= 0.3 is 0 Å². The zero-order valence-corrected chi connectivity index (χ0v) is 8.11. The van der Waals surface area contributed by atoms with Crippen molar-refractivity contribution >= 4 is 12.1 Å². The van der Waals surface area contributed by atoms with Crippen LogP contribution in [0.3, 0.4) is 0 Å². The Kier molecular flexibility index (Phi) is 2.59. The maximum atomic E-state index is 4.45. The molecule has 0 aromatic rings. The first-order valence-corrected chi connectivity index (χ1v) is 4.84. The third kappa shape index (κ3) is 2.06. The number of nitrogens with zero attached hydrogens (tertiary/aromatic N) is 4. The molecule has 2 aliphatic heterocycles. The second-order valence-corrected chi connectivity index (χ2v) is 3.57. The lowest BCUT2D eigenvalue weighted by molar-refractivity contribution is 0.217. The van der Waals surface area contributed by atoms with Gasteiger partial charge in [0.05, 0.1) is 19.3 Å². The molecule has 4 nitrogen and oxygen atoms in total. The Bertz CT molecular complexity index is 226. The van der Waals surface area contributed by atoms with Gasteiger partial charge in [0.15, 0.2) is 0 Å². The van der Waals surface area contributed by atoms with Gasteiger partial charge in [-0.05, 0) is 7.05 Å². The van der Waals surface area contributed by atoms with E-state index in [-0.39, 0.29) is 0 Å². The van der Waals surface area contributed by atoms with Crippen molar-refractivity contribution in [3.8, 4) is 0 Å². The van der Waals surface area contributed by atoms with Crippen molar-refractivity contribution in [3.63, 3.8) is 0 Å². The topological polar surface area (TPSA) is 31.2 Å². The van der Waals surface area contributed by atoms with Crippen LogP contribution < -0.4 is 0 Å². The fourth-order valence-corrected chi connectivity index (χ4v) is 1.63. The van der Waals surface area contributed by atoms with Gasteiger partial charge in [-0.25, -0.2) is 0 Å². The van der Waals surface area contributed by atoms with Crippen LogP contribution in [0.1, 0.15) is 0 Å². The largest absolute Gasteiger partial charge is 0.353 e. The van der Waals surface area contributed by atoms with E-state index >= 15 is 0 Å². The fraction of sp³-hybridized carbons (Fsp3) is 0.778. The molecule has 4 heteroatoms. The molecule has 2 heterocycles. The molecule has 0 radical (unpaired) electrons. The Hall–Kier alpha value is -0.900. The van der Waals surface area contributed by atoms with Crippen LogP contribution in [0.5, 0.6) is 0 Å². The minimum absolute atomic E-state index is 0.858. The first-order valence-electron chi connectivity index (χ1n) is 4.84. The van der Waals surface area contributed by atoms with Crippen molar-refractivity contribution in [3.05, 3.63) is 0 Å². The number of rotatable bonds is 0. The molecule has 0 atom stereocenters. The minimum atomic E-state index is 0.858. The van der Waals surface area contributed by atoms with E-state index in [1.807, 2.05) is 6.21 Å². The molecule has 0 spiro atoms. The zero-order chi connectivity index (χ0) is 9.10. The van der Waals surface area contributed by atoms with Gasteiger partial charge in [-0.3, -0.25) is 9.98 Å². The average Bonchev–Trinajstić information content (AvgIpc) is 2.20. The minimum Gasteiger partial charge on any atom is -0.353 e. The molecule has 0 bridgehead atoms. The van der Waals surface area contributed by atoms with E-state index in [0.29, 0.717) is 0 Å². The van der Waals surface area contributed by atoms with Crippen LogP contribution in [0.2, 0.25) is 0 Å². The van der Waals surface area contributed by atoms with Gasteiger partial charge in [0.1, 0.15) is 5.84 Å². The molecule has 0 N–H and O–H groups in total. The molecule has 0 unspecified atom stereocenters. The Labute approximate surface area is 79.0 Å². The van der Waals surface area contributed by atoms with Gasteiger partial charge in [-0.15, -0.1) is 0 Å². The smallest absolute Gasteiger partial charge is 0.141 e. The van der Waals surface area contributed by atoms with Crippen LogP contribution in [0.15, 0.2) is 9.98 Å². The Morgan fingerprint density at radius 2 is 1.92 bits per heavy atom. The average molecular weight is 180 g/mol. The monoisotopic (exact) mass is 180 g/mol. The maximum absolute atomic E-state index is 4.45. The van der Waals surface area contributed by atoms with Crippen LogP contribution in [-0.2, 0) is 0 Å². The van der Waals surface area contributed by atoms with Crippen LogP contribution in [0.4, 0.5) is 0 Å². The summed E-state index contributed by atoms with van der Waals surface area (Å²) in [5.41, 5.74) is 0. The molecule has 0 aromatic carbocycles. The lowest BCUT2D eigenvalue weighted by Gasteiger charge is -2.33. The van der Waals surface area contributed by atoms with Crippen molar-refractivity contribution < 1.29 is 0 Å². The quantitative estimate of drug-likeness (QED) is 0.513. The van der Waals surface area contributed by atoms with E-state index in [1.54, 1.807) is 0 Å². The van der Waals surface area contributed by atoms with Gasteiger partial charge in [-0.2, -0.15) is 0 Å². The summed E-state index contributed by atoms with van der Waals surface area (Å²) >= 11 is 0. The van der Waals surface area contributed by atoms with Crippen molar-refractivity contribution in [2.24, 2.45) is 9.98 Å². The summed E-state index contributed by atoms with van der Waals surface area (Å²) in [6.07, 6.45) is 1.91. The predicted molar refractivity (Wildman–Crippen MR) is 54.7 cm³/mol. The van der Waals surface area contributed by atoms with E-state index in [9.17, 15) is 0 Å². The molecule has 0 saturated carbocycles. The highest BCUT2D eigenvalue weighted by atomic mass is 15.3. The molecule has 0 amide bonds. The molecule has 2 rings (SSSR count). The van der Waals surface area contributed by atoms with Crippen LogP contribution in [0.25, 0.3) is 0 Å². The summed E-state index contributed by atoms with van der Waals surface area (Å²) in [5, 5.41) is 0. The number of hydrogen-bond donors (Lipinski definition) is 0. The molecule has 1 saturated heterocycles. The van der Waals surface area contributed by atoms with Crippen molar-refractivity contribution in [2.75, 3.05) is 46.3 Å². The number of hydrogen-bond acceptors (Lipinski definition) is 4. The highest BCUT2D eigenvalue weighted by Gasteiger charge is 2.16. The first-order chi connectivity index (χ1) is 6.36. The van der Waals surface area contributed by atoms with E-state index < -0.39 is 0 Å². The number of likely N-dealkylation sites (N-methyl/N-ethyl adjacent to an activating group) is 1. The molecule has 1 fully saturated rings. The summed E-state index contributed by atoms with van der Waals surface area (Å²) < 4.78 is 0. The Morgan fingerprint density at radius 1 is 1.15 bits per heavy atom. The standard InChI is InChI=1S/C9H16N4/c1-12-4-6-13(7-5-12)9-8-10-2-3-11-9/h8H,2-7H2,1H3. The number of piperazine rings is 1. The number of aliphatic imine (C=N–C) groups is 2. The molecular weight excluding hydrogens is 164 g/mol. The third-order valence-corrected chi connectivity index (χ3v) is 2.54. The van der Waals surface area contributed by atoms with Gasteiger partial charge in [0.2, 0.25) is 0 Å². The van der Waals surface area contributed by atoms with Gasteiger partial charge in [0.25, 0.3) is 0 Å². The van der Waals surface area contributed by atoms with E-state index in [1.165, 1.54) is 0 Å². The van der Waals surface area contributed by atoms with Crippen LogP contribution in [0, 0.1) is 0 Å². The van der Waals surface area contributed by atoms with E-state index in [0.717, 1.165) is 45.1 Å². The molecule has 2 aliphatic rings. The summed E-state index contributed by atoms with van der Waals surface area (Å²) in [4.78, 5) is 13.4. The van der Waals surface area contributed by atoms with Gasteiger partial charge in [-0.1, -0.05) is 0 Å². The van der Waals surface area contributed by atoms with Crippen molar-refractivity contribution in [1.82, 2.24) is 9.80 Å². The van der Waals surface area contributed by atoms with Crippen molar-refractivity contribution in [2.45, 2.75) is 0 Å². The second kappa shape index (κ2) is 3.87. The van der Waals surface area contributed by atoms with Gasteiger partial charge < -0.3 is 9.80 Å². The summed E-state index contributed by atoms with van der Waals surface area (Å²) in [5.74, 6) is 1.08. The van der Waals surface area contributed by atoms with E-state index in [2.05, 4.69) is 26.8 Å². The summed E-state index contributed by atoms with van der Waals surface area (Å²) in [7, 11) is 2.16. The molecular formula is C9H16N4. The predicted octanol–water partition coefficient (Wildman–Crippen LogP) is -0.283. The Morgan fingerprint density at radius 3 is 2.54 bits per heavy atom. The van der Waals surface area contributed by atoms with E-state index in [4.69, 9.17) is 0 Å². The van der Waals surface area contributed by atoms with Gasteiger partial charge in [0, 0.05) is 26.2 Å².